The van der Waals surface area contributed by atoms with Crippen LogP contribution in [-0.4, -0.2) is 34.9 Å². The Morgan fingerprint density at radius 3 is 2.76 bits per heavy atom. The van der Waals surface area contributed by atoms with Crippen molar-refractivity contribution < 1.29 is 19.0 Å². The number of hydrogen-bond acceptors (Lipinski definition) is 6. The number of pyridine rings is 1. The zero-order chi connectivity index (χ0) is 15.9. The van der Waals surface area contributed by atoms with Crippen LogP contribution < -0.4 is 10.1 Å². The average Bonchev–Trinajstić information content (AvgIpc) is 2.36. The molecule has 0 unspecified atom stereocenters. The minimum atomic E-state index is -0.549. The molecule has 1 aromatic heterocycles. The molecule has 0 aliphatic heterocycles. The molecule has 6 nitrogen and oxygen atoms in total. The van der Waals surface area contributed by atoms with E-state index in [-0.39, 0.29) is 11.8 Å². The monoisotopic (exact) mass is 312 g/mol. The number of carbonyl (C=O) groups excluding carboxylic acids is 1. The lowest BCUT2D eigenvalue weighted by Crippen LogP contribution is -2.27. The first kappa shape index (κ1) is 17.2. The predicted octanol–water partition coefficient (Wildman–Crippen LogP) is 2.54. The van der Waals surface area contributed by atoms with Crippen molar-refractivity contribution in [2.45, 2.75) is 33.3 Å². The van der Waals surface area contributed by atoms with Gasteiger partial charge in [0.05, 0.1) is 6.61 Å². The van der Waals surface area contributed by atoms with E-state index < -0.39 is 11.6 Å². The van der Waals surface area contributed by atoms with Gasteiger partial charge in [-0.15, -0.1) is 0 Å². The number of hydrogen-bond donors (Lipinski definition) is 1. The molecule has 1 N–H and O–H groups in total. The van der Waals surface area contributed by atoms with Crippen molar-refractivity contribution in [2.24, 2.45) is 0 Å². The summed E-state index contributed by atoms with van der Waals surface area (Å²) in [6.07, 6.45) is 1.58. The molecule has 0 amide bonds. The molecule has 116 valence electrons. The maximum Gasteiger partial charge on any atom is 0.344 e. The van der Waals surface area contributed by atoms with Crippen LogP contribution in [0, 0.1) is 0 Å². The van der Waals surface area contributed by atoms with Gasteiger partial charge in [0, 0.05) is 6.20 Å². The molecule has 0 atom stereocenters. The first-order valence-electron chi connectivity index (χ1n) is 6.55. The highest BCUT2D eigenvalue weighted by atomic mass is 32.1. The average molecular weight is 312 g/mol. The number of thiocarbonyl (C=S) groups is 1. The Morgan fingerprint density at radius 2 is 2.14 bits per heavy atom. The standard InChI is InChI=1S/C14H20N2O4S/c1-5-18-13(21)16-12-10(7-6-8-15-12)19-9-11(17)20-14(2,3)4/h6-8H,5,9H2,1-4H3,(H,15,16,21). The Labute approximate surface area is 129 Å². The van der Waals surface area contributed by atoms with Crippen molar-refractivity contribution in [1.82, 2.24) is 4.98 Å². The second-order valence-corrected chi connectivity index (χ2v) is 5.44. The summed E-state index contributed by atoms with van der Waals surface area (Å²) in [4.78, 5) is 15.7. The number of nitrogens with one attached hydrogen (secondary N) is 1. The third kappa shape index (κ3) is 6.89. The fourth-order valence-electron chi connectivity index (χ4n) is 1.37. The van der Waals surface area contributed by atoms with E-state index in [1.54, 1.807) is 39.1 Å². The first-order chi connectivity index (χ1) is 9.81. The van der Waals surface area contributed by atoms with E-state index in [4.69, 9.17) is 26.4 Å². The highest BCUT2D eigenvalue weighted by Gasteiger charge is 2.17. The van der Waals surface area contributed by atoms with E-state index >= 15 is 0 Å². The molecule has 7 heteroatoms. The minimum absolute atomic E-state index is 0.193. The van der Waals surface area contributed by atoms with Crippen LogP contribution in [0.25, 0.3) is 0 Å². The summed E-state index contributed by atoms with van der Waals surface area (Å²) in [5.41, 5.74) is -0.549. The Kier molecular flexibility index (Phi) is 6.36. The molecule has 0 aliphatic rings. The van der Waals surface area contributed by atoms with Gasteiger partial charge in [-0.05, 0) is 52.0 Å². The van der Waals surface area contributed by atoms with Gasteiger partial charge in [0.15, 0.2) is 18.2 Å². The normalized spacial score (nSPS) is 10.7. The maximum atomic E-state index is 11.6. The zero-order valence-electron chi connectivity index (χ0n) is 12.6. The largest absolute Gasteiger partial charge is 0.478 e. The van der Waals surface area contributed by atoms with Crippen molar-refractivity contribution in [3.8, 4) is 5.75 Å². The van der Waals surface area contributed by atoms with Crippen molar-refractivity contribution in [2.75, 3.05) is 18.5 Å². The molecule has 1 aromatic rings. The van der Waals surface area contributed by atoms with Gasteiger partial charge < -0.3 is 14.2 Å². The number of ether oxygens (including phenoxy) is 3. The molecule has 1 heterocycles. The Bertz CT molecular complexity index is 500. The number of esters is 1. The number of nitrogens with zero attached hydrogens (tertiary/aromatic N) is 1. The molecule has 0 aliphatic carbocycles. The van der Waals surface area contributed by atoms with Gasteiger partial charge in [0.1, 0.15) is 5.60 Å². The molecule has 0 bridgehead atoms. The van der Waals surface area contributed by atoms with Gasteiger partial charge in [0.25, 0.3) is 5.17 Å². The Hall–Kier alpha value is -1.89. The zero-order valence-corrected chi connectivity index (χ0v) is 13.5. The van der Waals surface area contributed by atoms with E-state index in [0.29, 0.717) is 18.2 Å². The smallest absolute Gasteiger partial charge is 0.344 e. The number of rotatable bonds is 5. The summed E-state index contributed by atoms with van der Waals surface area (Å²) in [5.74, 6) is 0.328. The van der Waals surface area contributed by atoms with Gasteiger partial charge >= 0.3 is 5.97 Å². The van der Waals surface area contributed by atoms with Gasteiger partial charge in [0.2, 0.25) is 0 Å². The molecule has 0 saturated heterocycles. The quantitative estimate of drug-likeness (QED) is 0.662. The number of aromatic nitrogens is 1. The highest BCUT2D eigenvalue weighted by Crippen LogP contribution is 2.21. The summed E-state index contributed by atoms with van der Waals surface area (Å²) in [5, 5.41) is 3.00. The van der Waals surface area contributed by atoms with E-state index in [2.05, 4.69) is 10.3 Å². The fraction of sp³-hybridized carbons (Fsp3) is 0.500. The number of carbonyl (C=O) groups is 1. The lowest BCUT2D eigenvalue weighted by atomic mass is 10.2. The molecule has 0 saturated carbocycles. The summed E-state index contributed by atoms with van der Waals surface area (Å²) in [7, 11) is 0. The summed E-state index contributed by atoms with van der Waals surface area (Å²) in [6, 6.07) is 3.37. The van der Waals surface area contributed by atoms with Crippen LogP contribution >= 0.6 is 12.2 Å². The molecule has 0 radical (unpaired) electrons. The second kappa shape index (κ2) is 7.78. The van der Waals surface area contributed by atoms with Crippen LogP contribution in [0.15, 0.2) is 18.3 Å². The van der Waals surface area contributed by atoms with E-state index in [1.807, 2.05) is 6.92 Å². The van der Waals surface area contributed by atoms with Gasteiger partial charge in [-0.1, -0.05) is 0 Å². The van der Waals surface area contributed by atoms with Crippen molar-refractivity contribution >= 4 is 29.2 Å². The predicted molar refractivity (Wildman–Crippen MR) is 83.4 cm³/mol. The SMILES string of the molecule is CCOC(=S)Nc1ncccc1OCC(=O)OC(C)(C)C. The van der Waals surface area contributed by atoms with Crippen LogP contribution in [0.3, 0.4) is 0 Å². The maximum absolute atomic E-state index is 11.6. The molecule has 0 aromatic carbocycles. The lowest BCUT2D eigenvalue weighted by molar-refractivity contribution is -0.157. The first-order valence-corrected chi connectivity index (χ1v) is 6.96. The van der Waals surface area contributed by atoms with Crippen LogP contribution in [0.1, 0.15) is 27.7 Å². The van der Waals surface area contributed by atoms with Gasteiger partial charge in [-0.25, -0.2) is 9.78 Å². The molecule has 0 spiro atoms. The van der Waals surface area contributed by atoms with Crippen molar-refractivity contribution in [3.63, 3.8) is 0 Å². The Morgan fingerprint density at radius 1 is 1.43 bits per heavy atom. The number of anilines is 1. The topological polar surface area (TPSA) is 69.7 Å². The molecule has 0 fully saturated rings. The molecular formula is C14H20N2O4S. The van der Waals surface area contributed by atoms with Crippen LogP contribution in [0.2, 0.25) is 0 Å². The minimum Gasteiger partial charge on any atom is -0.478 e. The van der Waals surface area contributed by atoms with Crippen molar-refractivity contribution in [3.05, 3.63) is 18.3 Å². The van der Waals surface area contributed by atoms with E-state index in [0.717, 1.165) is 0 Å². The third-order valence-electron chi connectivity index (χ3n) is 2.03. The van der Waals surface area contributed by atoms with E-state index in [9.17, 15) is 4.79 Å². The van der Waals surface area contributed by atoms with Gasteiger partial charge in [-0.3, -0.25) is 5.32 Å². The molecule has 1 rings (SSSR count). The van der Waals surface area contributed by atoms with Crippen LogP contribution in [-0.2, 0) is 14.3 Å². The van der Waals surface area contributed by atoms with E-state index in [1.165, 1.54) is 0 Å². The van der Waals surface area contributed by atoms with Crippen LogP contribution in [0.4, 0.5) is 5.82 Å². The second-order valence-electron chi connectivity index (χ2n) is 5.07. The fourth-order valence-corrected chi connectivity index (χ4v) is 1.59. The third-order valence-corrected chi connectivity index (χ3v) is 2.25. The van der Waals surface area contributed by atoms with Crippen LogP contribution in [0.5, 0.6) is 5.75 Å². The highest BCUT2D eigenvalue weighted by molar-refractivity contribution is 7.80. The lowest BCUT2D eigenvalue weighted by Gasteiger charge is -2.19. The van der Waals surface area contributed by atoms with Crippen molar-refractivity contribution in [1.29, 1.82) is 0 Å². The molecular weight excluding hydrogens is 292 g/mol. The summed E-state index contributed by atoms with van der Waals surface area (Å²) in [6.45, 7) is 7.45. The summed E-state index contributed by atoms with van der Waals surface area (Å²) >= 11 is 4.98. The Balaban J connectivity index is 2.63. The van der Waals surface area contributed by atoms with Gasteiger partial charge in [-0.2, -0.15) is 0 Å². The summed E-state index contributed by atoms with van der Waals surface area (Å²) < 4.78 is 15.7. The molecule has 21 heavy (non-hydrogen) atoms.